The van der Waals surface area contributed by atoms with Gasteiger partial charge in [-0.25, -0.2) is 22.5 Å². The van der Waals surface area contributed by atoms with Gasteiger partial charge in [0.05, 0.1) is 23.0 Å². The van der Waals surface area contributed by atoms with E-state index in [2.05, 4.69) is 15.2 Å². The fourth-order valence-corrected chi connectivity index (χ4v) is 7.39. The van der Waals surface area contributed by atoms with Crippen molar-refractivity contribution in [2.75, 3.05) is 13.1 Å². The molecular formula is C25H23FN6O3S2. The number of ketones is 1. The van der Waals surface area contributed by atoms with E-state index in [0.717, 1.165) is 21.7 Å². The van der Waals surface area contributed by atoms with Crippen molar-refractivity contribution in [1.29, 1.82) is 0 Å². The smallest absolute Gasteiger partial charge is 0.262 e. The monoisotopic (exact) mass is 538 g/mol. The normalized spacial score (nSPS) is 19.8. The van der Waals surface area contributed by atoms with Gasteiger partial charge in [0, 0.05) is 37.4 Å². The second-order valence-electron chi connectivity index (χ2n) is 9.39. The van der Waals surface area contributed by atoms with Crippen LogP contribution in [-0.2, 0) is 23.5 Å². The molecule has 4 heterocycles. The zero-order valence-electron chi connectivity index (χ0n) is 20.1. The minimum atomic E-state index is -3.91. The number of carbonyl (C=O) groups excluding carboxylic acids is 1. The van der Waals surface area contributed by atoms with Crippen LogP contribution in [0.1, 0.15) is 32.4 Å². The maximum absolute atomic E-state index is 14.1. The molecular weight excluding hydrogens is 515 g/mol. The molecule has 0 saturated carbocycles. The molecule has 1 fully saturated rings. The first-order chi connectivity index (χ1) is 17.7. The Kier molecular flexibility index (Phi) is 5.51. The number of hydrogen-bond donors (Lipinski definition) is 0. The highest BCUT2D eigenvalue weighted by molar-refractivity contribution is 7.89. The number of aryl methyl sites for hydroxylation is 2. The molecule has 0 N–H and O–H groups in total. The Bertz CT molecular complexity index is 1670. The average molecular weight is 539 g/mol. The zero-order valence-corrected chi connectivity index (χ0v) is 21.8. The summed E-state index contributed by atoms with van der Waals surface area (Å²) in [4.78, 5) is 19.4. The minimum absolute atomic E-state index is 0.0175. The van der Waals surface area contributed by atoms with Gasteiger partial charge < -0.3 is 0 Å². The quantitative estimate of drug-likeness (QED) is 0.361. The molecule has 1 saturated heterocycles. The SMILES string of the molecule is Cc1cnc(C(=O)C23Cc4cnn(-c5ccc(F)cc5)c4C=C2CCN(S(=O)(=O)c2ccn(C)n2)C3)s1. The Morgan fingerprint density at radius 1 is 1.16 bits per heavy atom. The van der Waals surface area contributed by atoms with Crippen LogP contribution >= 0.6 is 11.3 Å². The molecule has 1 aliphatic heterocycles. The van der Waals surface area contributed by atoms with E-state index in [-0.39, 0.29) is 36.1 Å². The predicted molar refractivity (Wildman–Crippen MR) is 135 cm³/mol. The predicted octanol–water partition coefficient (Wildman–Crippen LogP) is 3.41. The lowest BCUT2D eigenvalue weighted by atomic mass is 9.66. The van der Waals surface area contributed by atoms with Gasteiger partial charge >= 0.3 is 0 Å². The molecule has 9 nitrogen and oxygen atoms in total. The lowest BCUT2D eigenvalue weighted by molar-refractivity contribution is 0.0775. The largest absolute Gasteiger partial charge is 0.290 e. The van der Waals surface area contributed by atoms with Crippen molar-refractivity contribution in [1.82, 2.24) is 28.9 Å². The van der Waals surface area contributed by atoms with E-state index in [4.69, 9.17) is 0 Å². The summed E-state index contributed by atoms with van der Waals surface area (Å²) in [6.45, 7) is 2.08. The molecule has 0 bridgehead atoms. The third kappa shape index (κ3) is 3.87. The number of benzene rings is 1. The van der Waals surface area contributed by atoms with Crippen LogP contribution in [0, 0.1) is 18.2 Å². The summed E-state index contributed by atoms with van der Waals surface area (Å²) in [6, 6.07) is 7.51. The number of hydrogen-bond acceptors (Lipinski definition) is 7. The Labute approximate surface area is 216 Å². The number of piperidine rings is 1. The van der Waals surface area contributed by atoms with Crippen LogP contribution in [0.2, 0.25) is 0 Å². The molecule has 6 rings (SSSR count). The van der Waals surface area contributed by atoms with Crippen LogP contribution in [0.15, 0.2) is 59.5 Å². The van der Waals surface area contributed by atoms with E-state index in [1.54, 1.807) is 42.5 Å². The topological polar surface area (TPSA) is 103 Å². The van der Waals surface area contributed by atoms with Crippen molar-refractivity contribution in [3.05, 3.63) is 81.5 Å². The maximum Gasteiger partial charge on any atom is 0.262 e. The Morgan fingerprint density at radius 2 is 1.95 bits per heavy atom. The first-order valence-electron chi connectivity index (χ1n) is 11.7. The van der Waals surface area contributed by atoms with E-state index >= 15 is 0 Å². The summed E-state index contributed by atoms with van der Waals surface area (Å²) in [5.41, 5.74) is 2.04. The van der Waals surface area contributed by atoms with Crippen LogP contribution in [0.4, 0.5) is 4.39 Å². The number of rotatable bonds is 5. The Balaban J connectivity index is 1.45. The number of Topliss-reactive ketones (excluding diaryl/α,β-unsaturated/α-hetero) is 1. The van der Waals surface area contributed by atoms with Crippen molar-refractivity contribution in [3.8, 4) is 5.69 Å². The first kappa shape index (κ1) is 23.9. The summed E-state index contributed by atoms with van der Waals surface area (Å²) >= 11 is 1.31. The molecule has 190 valence electrons. The maximum atomic E-state index is 14.1. The summed E-state index contributed by atoms with van der Waals surface area (Å²) in [5.74, 6) is -0.536. The highest BCUT2D eigenvalue weighted by Gasteiger charge is 2.52. The van der Waals surface area contributed by atoms with Crippen molar-refractivity contribution < 1.29 is 17.6 Å². The number of nitrogens with zero attached hydrogens (tertiary/aromatic N) is 6. The van der Waals surface area contributed by atoms with Crippen molar-refractivity contribution in [3.63, 3.8) is 0 Å². The van der Waals surface area contributed by atoms with Crippen LogP contribution in [0.5, 0.6) is 0 Å². The summed E-state index contributed by atoms with van der Waals surface area (Å²) in [7, 11) is -2.25. The number of fused-ring (bicyclic) bond motifs is 2. The third-order valence-corrected chi connectivity index (χ3v) is 9.64. The van der Waals surface area contributed by atoms with Crippen LogP contribution in [-0.4, -0.2) is 56.1 Å². The van der Waals surface area contributed by atoms with E-state index in [9.17, 15) is 17.6 Å². The van der Waals surface area contributed by atoms with Gasteiger partial charge in [-0.3, -0.25) is 9.48 Å². The molecule has 0 amide bonds. The number of thiazole rings is 1. The summed E-state index contributed by atoms with van der Waals surface area (Å²) in [5, 5.41) is 8.94. The Morgan fingerprint density at radius 3 is 2.62 bits per heavy atom. The molecule has 1 unspecified atom stereocenters. The standard InChI is InChI=1S/C25H23FN6O3S2/c1-16-13-27-24(36-16)23(33)25-12-17-14-28-32(20-5-3-19(26)4-6-20)21(17)11-18(25)7-10-31(15-25)37(34,35)22-8-9-30(2)29-22/h3-6,8-9,11,13-14H,7,10,12,15H2,1-2H3. The fraction of sp³-hybridized carbons (Fsp3) is 0.280. The van der Waals surface area contributed by atoms with Gasteiger partial charge in [0.25, 0.3) is 10.0 Å². The van der Waals surface area contributed by atoms with Crippen molar-refractivity contribution in [2.45, 2.75) is 24.8 Å². The molecule has 0 spiro atoms. The Hall–Kier alpha value is -3.48. The van der Waals surface area contributed by atoms with Gasteiger partial charge in [0.1, 0.15) is 5.82 Å². The lowest BCUT2D eigenvalue weighted by Crippen LogP contribution is -2.53. The van der Waals surface area contributed by atoms with E-state index < -0.39 is 15.4 Å². The molecule has 37 heavy (non-hydrogen) atoms. The van der Waals surface area contributed by atoms with E-state index in [1.807, 2.05) is 13.0 Å². The molecule has 12 heteroatoms. The summed E-state index contributed by atoms with van der Waals surface area (Å²) < 4.78 is 45.0. The van der Waals surface area contributed by atoms with Gasteiger partial charge in [-0.15, -0.1) is 11.3 Å². The number of aromatic nitrogens is 5. The molecule has 3 aromatic heterocycles. The highest BCUT2D eigenvalue weighted by Crippen LogP contribution is 2.47. The number of carbonyl (C=O) groups is 1. The van der Waals surface area contributed by atoms with Gasteiger partial charge in [-0.2, -0.15) is 14.5 Å². The zero-order chi connectivity index (χ0) is 25.9. The second kappa shape index (κ2) is 8.54. The molecule has 2 aliphatic rings. The van der Waals surface area contributed by atoms with Gasteiger partial charge in [-0.1, -0.05) is 5.57 Å². The molecule has 1 aromatic carbocycles. The first-order valence-corrected chi connectivity index (χ1v) is 13.9. The van der Waals surface area contributed by atoms with Crippen LogP contribution < -0.4 is 0 Å². The molecule has 0 radical (unpaired) electrons. The lowest BCUT2D eigenvalue weighted by Gasteiger charge is -2.44. The summed E-state index contributed by atoms with van der Waals surface area (Å²) in [6.07, 6.45) is 7.53. The van der Waals surface area contributed by atoms with E-state index in [1.165, 1.54) is 38.5 Å². The third-order valence-electron chi connectivity index (χ3n) is 7.00. The van der Waals surface area contributed by atoms with Crippen molar-refractivity contribution >= 4 is 33.2 Å². The number of halogens is 1. The average Bonchev–Trinajstić information content (AvgIpc) is 3.62. The van der Waals surface area contributed by atoms with Crippen LogP contribution in [0.3, 0.4) is 0 Å². The number of sulfonamides is 1. The molecule has 4 aromatic rings. The minimum Gasteiger partial charge on any atom is -0.290 e. The molecule has 1 atom stereocenters. The van der Waals surface area contributed by atoms with Crippen LogP contribution in [0.25, 0.3) is 11.8 Å². The fourth-order valence-electron chi connectivity index (χ4n) is 5.14. The second-order valence-corrected chi connectivity index (χ2v) is 12.5. The van der Waals surface area contributed by atoms with Gasteiger partial charge in [0.15, 0.2) is 10.0 Å². The van der Waals surface area contributed by atoms with Gasteiger partial charge in [-0.05, 0) is 61.7 Å². The van der Waals surface area contributed by atoms with Gasteiger partial charge in [0.2, 0.25) is 5.78 Å². The van der Waals surface area contributed by atoms with E-state index in [0.29, 0.717) is 17.1 Å². The molecule has 1 aliphatic carbocycles. The highest BCUT2D eigenvalue weighted by atomic mass is 32.2. The van der Waals surface area contributed by atoms with Crippen molar-refractivity contribution in [2.24, 2.45) is 12.5 Å².